The van der Waals surface area contributed by atoms with Crippen LogP contribution in [0.5, 0.6) is 0 Å². The van der Waals surface area contributed by atoms with Gasteiger partial charge in [-0.15, -0.1) is 0 Å². The van der Waals surface area contributed by atoms with Gasteiger partial charge in [-0.25, -0.2) is 5.84 Å². The lowest BCUT2D eigenvalue weighted by atomic mass is 9.99. The molecule has 0 aromatic heterocycles. The Morgan fingerprint density at radius 3 is 2.50 bits per heavy atom. The van der Waals surface area contributed by atoms with Crippen LogP contribution in [0.2, 0.25) is 0 Å². The zero-order valence-corrected chi connectivity index (χ0v) is 10.9. The van der Waals surface area contributed by atoms with Crippen molar-refractivity contribution in [1.29, 1.82) is 0 Å². The smallest absolute Gasteiger partial charge is 0.241 e. The highest BCUT2D eigenvalue weighted by molar-refractivity contribution is 5.82. The molecule has 0 spiro atoms. The summed E-state index contributed by atoms with van der Waals surface area (Å²) in [5.41, 5.74) is 4.50. The van der Waals surface area contributed by atoms with Gasteiger partial charge in [-0.05, 0) is 44.0 Å². The van der Waals surface area contributed by atoms with E-state index < -0.39 is 0 Å². The summed E-state index contributed by atoms with van der Waals surface area (Å²) in [5, 5.41) is 0. The fraction of sp³-hybridized carbons (Fsp3) is 0.500. The standard InChI is InChI=1S/C14H21N3O/c1-11(14(18)16-15)13-6-4-12(5-7-13)10-17-8-2-3-9-17/h4-7,11H,2-3,8-10,15H2,1H3,(H,16,18). The van der Waals surface area contributed by atoms with Crippen LogP contribution in [0.3, 0.4) is 0 Å². The molecular weight excluding hydrogens is 226 g/mol. The van der Waals surface area contributed by atoms with Gasteiger partial charge in [0.1, 0.15) is 0 Å². The van der Waals surface area contributed by atoms with Crippen LogP contribution in [-0.4, -0.2) is 23.9 Å². The van der Waals surface area contributed by atoms with Crippen LogP contribution in [0.25, 0.3) is 0 Å². The van der Waals surface area contributed by atoms with E-state index in [4.69, 9.17) is 5.84 Å². The molecule has 4 nitrogen and oxygen atoms in total. The molecule has 3 N–H and O–H groups in total. The number of nitrogens with zero attached hydrogens (tertiary/aromatic N) is 1. The van der Waals surface area contributed by atoms with Crippen molar-refractivity contribution in [3.05, 3.63) is 35.4 Å². The van der Waals surface area contributed by atoms with Crippen LogP contribution >= 0.6 is 0 Å². The van der Waals surface area contributed by atoms with Gasteiger partial charge in [0.2, 0.25) is 5.91 Å². The highest BCUT2D eigenvalue weighted by Gasteiger charge is 2.15. The zero-order valence-electron chi connectivity index (χ0n) is 10.9. The second kappa shape index (κ2) is 5.98. The molecule has 0 aliphatic carbocycles. The molecule has 1 unspecified atom stereocenters. The lowest BCUT2D eigenvalue weighted by Gasteiger charge is -2.15. The van der Waals surface area contributed by atoms with E-state index >= 15 is 0 Å². The number of hydrazine groups is 1. The number of nitrogens with two attached hydrogens (primary N) is 1. The van der Waals surface area contributed by atoms with Crippen LogP contribution in [0, 0.1) is 0 Å². The summed E-state index contributed by atoms with van der Waals surface area (Å²) in [6, 6.07) is 8.25. The Kier molecular flexibility index (Phi) is 4.33. The Bertz CT molecular complexity index is 396. The molecule has 4 heteroatoms. The average Bonchev–Trinajstić information content (AvgIpc) is 2.91. The Morgan fingerprint density at radius 2 is 1.94 bits per heavy atom. The summed E-state index contributed by atoms with van der Waals surface area (Å²) < 4.78 is 0. The molecule has 2 rings (SSSR count). The van der Waals surface area contributed by atoms with Crippen LogP contribution in [0.15, 0.2) is 24.3 Å². The number of carbonyl (C=O) groups excluding carboxylic acids is 1. The van der Waals surface area contributed by atoms with E-state index in [0.717, 1.165) is 12.1 Å². The van der Waals surface area contributed by atoms with Crippen molar-refractivity contribution in [1.82, 2.24) is 10.3 Å². The maximum atomic E-state index is 11.4. The Hall–Kier alpha value is -1.39. The van der Waals surface area contributed by atoms with E-state index in [9.17, 15) is 4.79 Å². The van der Waals surface area contributed by atoms with Crippen molar-refractivity contribution in [3.63, 3.8) is 0 Å². The SMILES string of the molecule is CC(C(=O)NN)c1ccc(CN2CCCC2)cc1. The third kappa shape index (κ3) is 3.09. The number of carbonyl (C=O) groups is 1. The maximum absolute atomic E-state index is 11.4. The van der Waals surface area contributed by atoms with Gasteiger partial charge in [0.05, 0.1) is 5.92 Å². The fourth-order valence-electron chi connectivity index (χ4n) is 2.39. The highest BCUT2D eigenvalue weighted by atomic mass is 16.2. The fourth-order valence-corrected chi connectivity index (χ4v) is 2.39. The van der Waals surface area contributed by atoms with Gasteiger partial charge in [-0.2, -0.15) is 0 Å². The molecular formula is C14H21N3O. The molecule has 1 aliphatic rings. The van der Waals surface area contributed by atoms with Gasteiger partial charge < -0.3 is 0 Å². The monoisotopic (exact) mass is 247 g/mol. The summed E-state index contributed by atoms with van der Waals surface area (Å²) in [7, 11) is 0. The molecule has 1 atom stereocenters. The third-order valence-corrected chi connectivity index (χ3v) is 3.62. The Morgan fingerprint density at radius 1 is 1.33 bits per heavy atom. The van der Waals surface area contributed by atoms with Crippen molar-refractivity contribution in [2.75, 3.05) is 13.1 Å². The molecule has 1 aliphatic heterocycles. The largest absolute Gasteiger partial charge is 0.299 e. The minimum absolute atomic E-state index is 0.151. The van der Waals surface area contributed by atoms with Gasteiger partial charge >= 0.3 is 0 Å². The number of benzene rings is 1. The zero-order chi connectivity index (χ0) is 13.0. The number of nitrogens with one attached hydrogen (secondary N) is 1. The second-order valence-corrected chi connectivity index (χ2v) is 4.96. The van der Waals surface area contributed by atoms with Crippen LogP contribution in [0.4, 0.5) is 0 Å². The lowest BCUT2D eigenvalue weighted by Crippen LogP contribution is -2.33. The topological polar surface area (TPSA) is 58.4 Å². The number of rotatable bonds is 4. The summed E-state index contributed by atoms with van der Waals surface area (Å²) >= 11 is 0. The molecule has 1 aromatic rings. The summed E-state index contributed by atoms with van der Waals surface area (Å²) in [4.78, 5) is 13.9. The molecule has 0 radical (unpaired) electrons. The van der Waals surface area contributed by atoms with E-state index in [2.05, 4.69) is 22.5 Å². The van der Waals surface area contributed by atoms with Gasteiger partial charge in [-0.3, -0.25) is 15.1 Å². The second-order valence-electron chi connectivity index (χ2n) is 4.96. The first-order valence-electron chi connectivity index (χ1n) is 6.52. The predicted octanol–water partition coefficient (Wildman–Crippen LogP) is 1.38. The molecule has 1 amide bonds. The van der Waals surface area contributed by atoms with E-state index in [0.29, 0.717) is 0 Å². The summed E-state index contributed by atoms with van der Waals surface area (Å²) in [6.07, 6.45) is 2.62. The van der Waals surface area contributed by atoms with Crippen molar-refractivity contribution in [2.45, 2.75) is 32.2 Å². The van der Waals surface area contributed by atoms with Crippen molar-refractivity contribution in [3.8, 4) is 0 Å². The first-order chi connectivity index (χ1) is 8.70. The first-order valence-corrected chi connectivity index (χ1v) is 6.52. The third-order valence-electron chi connectivity index (χ3n) is 3.62. The molecule has 1 fully saturated rings. The number of hydrogen-bond acceptors (Lipinski definition) is 3. The molecule has 1 heterocycles. The Labute approximate surface area is 108 Å². The van der Waals surface area contributed by atoms with E-state index in [-0.39, 0.29) is 11.8 Å². The normalized spacial score (nSPS) is 17.7. The van der Waals surface area contributed by atoms with Crippen molar-refractivity contribution >= 4 is 5.91 Å². The molecule has 0 bridgehead atoms. The highest BCUT2D eigenvalue weighted by Crippen LogP contribution is 2.18. The van der Waals surface area contributed by atoms with Crippen LogP contribution in [0.1, 0.15) is 36.8 Å². The quantitative estimate of drug-likeness (QED) is 0.480. The van der Waals surface area contributed by atoms with Crippen LogP contribution < -0.4 is 11.3 Å². The van der Waals surface area contributed by atoms with Crippen molar-refractivity contribution < 1.29 is 4.79 Å². The van der Waals surface area contributed by atoms with Gasteiger partial charge in [0.15, 0.2) is 0 Å². The predicted molar refractivity (Wildman–Crippen MR) is 71.7 cm³/mol. The average molecular weight is 247 g/mol. The molecule has 1 saturated heterocycles. The molecule has 98 valence electrons. The maximum Gasteiger partial charge on any atom is 0.241 e. The summed E-state index contributed by atoms with van der Waals surface area (Å²) in [6.45, 7) is 5.27. The molecule has 1 aromatic carbocycles. The number of likely N-dealkylation sites (tertiary alicyclic amines) is 1. The van der Waals surface area contributed by atoms with Gasteiger partial charge in [0, 0.05) is 6.54 Å². The molecule has 0 saturated carbocycles. The first kappa shape index (κ1) is 13.1. The van der Waals surface area contributed by atoms with E-state index in [1.165, 1.54) is 31.5 Å². The Balaban J connectivity index is 1.98. The number of hydrogen-bond donors (Lipinski definition) is 2. The van der Waals surface area contributed by atoms with Gasteiger partial charge in [-0.1, -0.05) is 24.3 Å². The lowest BCUT2D eigenvalue weighted by molar-refractivity contribution is -0.122. The van der Waals surface area contributed by atoms with Crippen molar-refractivity contribution in [2.24, 2.45) is 5.84 Å². The minimum Gasteiger partial charge on any atom is -0.299 e. The van der Waals surface area contributed by atoms with Gasteiger partial charge in [0.25, 0.3) is 0 Å². The van der Waals surface area contributed by atoms with E-state index in [1.807, 2.05) is 19.1 Å². The van der Waals surface area contributed by atoms with Crippen LogP contribution in [-0.2, 0) is 11.3 Å². The molecule has 18 heavy (non-hydrogen) atoms. The van der Waals surface area contributed by atoms with E-state index in [1.54, 1.807) is 0 Å². The summed E-state index contributed by atoms with van der Waals surface area (Å²) in [5.74, 6) is 4.79. The minimum atomic E-state index is -0.198. The number of amides is 1.